The molecule has 214 valence electrons. The number of nitrogens with two attached hydrogens (primary N) is 1. The summed E-state index contributed by atoms with van der Waals surface area (Å²) in [5.74, 6) is -1.29. The number of hydrogen-bond donors (Lipinski definition) is 2. The Hall–Kier alpha value is -3.26. The van der Waals surface area contributed by atoms with Gasteiger partial charge >= 0.3 is 0 Å². The number of nitrogens with one attached hydrogen (secondary N) is 1. The average molecular weight is 549 g/mol. The van der Waals surface area contributed by atoms with E-state index < -0.39 is 16.7 Å². The number of nitrogens with zero attached hydrogens (tertiary/aromatic N) is 2. The van der Waals surface area contributed by atoms with Gasteiger partial charge in [0.25, 0.3) is 0 Å². The number of benzene rings is 2. The third-order valence-corrected chi connectivity index (χ3v) is 9.76. The van der Waals surface area contributed by atoms with Gasteiger partial charge in [-0.3, -0.25) is 14.4 Å². The molecule has 3 aliphatic rings. The summed E-state index contributed by atoms with van der Waals surface area (Å²) in [6, 6.07) is 14.7. The summed E-state index contributed by atoms with van der Waals surface area (Å²) in [5, 5.41) is 3.29. The highest BCUT2D eigenvalue weighted by Gasteiger charge is 2.53. The minimum absolute atomic E-state index is 0.0134. The number of aryl methyl sites for hydroxylation is 1. The zero-order valence-electron chi connectivity index (χ0n) is 23.8. The van der Waals surface area contributed by atoms with Crippen LogP contribution in [-0.2, 0) is 26.2 Å². The fourth-order valence-electron chi connectivity index (χ4n) is 7.30. The minimum Gasteiger partial charge on any atom is -0.369 e. The van der Waals surface area contributed by atoms with Crippen LogP contribution >= 0.6 is 0 Å². The first-order valence-electron chi connectivity index (χ1n) is 14.5. The van der Waals surface area contributed by atoms with E-state index in [1.165, 1.54) is 12.1 Å². The lowest BCUT2D eigenvalue weighted by molar-refractivity contribution is -0.148. The summed E-state index contributed by atoms with van der Waals surface area (Å²) in [4.78, 5) is 44.4. The Morgan fingerprint density at radius 2 is 1.80 bits per heavy atom. The van der Waals surface area contributed by atoms with E-state index in [0.717, 1.165) is 17.7 Å². The molecular weight excluding hydrogens is 507 g/mol. The van der Waals surface area contributed by atoms with E-state index in [9.17, 15) is 18.8 Å². The molecule has 2 fully saturated rings. The summed E-state index contributed by atoms with van der Waals surface area (Å²) in [6.07, 6.45) is 4.46. The zero-order valence-corrected chi connectivity index (χ0v) is 23.8. The smallest absolute Gasteiger partial charge is 0.237 e. The maximum absolute atomic E-state index is 14.2. The topological polar surface area (TPSA) is 95.7 Å². The number of fused-ring (bicyclic) bond motifs is 1. The predicted octanol–water partition coefficient (Wildman–Crippen LogP) is 3.93. The number of carbonyl (C=O) groups is 3. The fourth-order valence-corrected chi connectivity index (χ4v) is 7.30. The monoisotopic (exact) mass is 548 g/mol. The summed E-state index contributed by atoms with van der Waals surface area (Å²) < 4.78 is 14.0. The van der Waals surface area contributed by atoms with Crippen LogP contribution in [0.3, 0.4) is 0 Å². The number of hydrogen-bond acceptors (Lipinski definition) is 4. The largest absolute Gasteiger partial charge is 0.369 e. The third kappa shape index (κ3) is 4.91. The summed E-state index contributed by atoms with van der Waals surface area (Å²) in [7, 11) is 1.89. The van der Waals surface area contributed by atoms with Gasteiger partial charge in [-0.05, 0) is 95.2 Å². The molecule has 40 heavy (non-hydrogen) atoms. The van der Waals surface area contributed by atoms with Crippen LogP contribution in [0, 0.1) is 17.2 Å². The maximum atomic E-state index is 14.2. The Morgan fingerprint density at radius 1 is 1.10 bits per heavy atom. The first-order valence-corrected chi connectivity index (χ1v) is 14.5. The second-order valence-corrected chi connectivity index (χ2v) is 12.3. The second-order valence-electron chi connectivity index (χ2n) is 12.3. The van der Waals surface area contributed by atoms with Crippen molar-refractivity contribution in [3.63, 3.8) is 0 Å². The molecule has 0 aromatic heterocycles. The molecule has 2 aliphatic heterocycles. The SMILES string of the molecule is CNC1CCC(C(N)=O)([C@H](CCc2ccccc2)C(=O)N2CCC(N3C(=O)C(C)(C)c4cc(F)ccc43)CC2)C1. The van der Waals surface area contributed by atoms with Crippen LogP contribution in [0.25, 0.3) is 0 Å². The molecule has 3 amide bonds. The van der Waals surface area contributed by atoms with Crippen molar-refractivity contribution in [3.8, 4) is 0 Å². The average Bonchev–Trinajstić information content (AvgIpc) is 3.47. The Morgan fingerprint density at radius 3 is 2.42 bits per heavy atom. The van der Waals surface area contributed by atoms with Crippen LogP contribution in [0.5, 0.6) is 0 Å². The van der Waals surface area contributed by atoms with Crippen molar-refractivity contribution < 1.29 is 18.8 Å². The van der Waals surface area contributed by atoms with Crippen LogP contribution in [0.1, 0.15) is 63.5 Å². The van der Waals surface area contributed by atoms with E-state index in [-0.39, 0.29) is 35.6 Å². The van der Waals surface area contributed by atoms with E-state index >= 15 is 0 Å². The van der Waals surface area contributed by atoms with Gasteiger partial charge in [0.1, 0.15) is 5.82 Å². The van der Waals surface area contributed by atoms with Crippen molar-refractivity contribution in [2.24, 2.45) is 17.1 Å². The van der Waals surface area contributed by atoms with Crippen molar-refractivity contribution >= 4 is 23.4 Å². The number of amides is 3. The predicted molar refractivity (Wildman–Crippen MR) is 153 cm³/mol. The molecule has 8 heteroatoms. The van der Waals surface area contributed by atoms with Gasteiger partial charge in [0.05, 0.1) is 16.7 Å². The molecule has 1 saturated carbocycles. The van der Waals surface area contributed by atoms with Gasteiger partial charge in [-0.15, -0.1) is 0 Å². The lowest BCUT2D eigenvalue weighted by Crippen LogP contribution is -2.54. The van der Waals surface area contributed by atoms with Crippen molar-refractivity contribution in [2.45, 2.75) is 76.3 Å². The quantitative estimate of drug-likeness (QED) is 0.523. The van der Waals surface area contributed by atoms with E-state index in [0.29, 0.717) is 57.2 Å². The first-order chi connectivity index (χ1) is 19.1. The van der Waals surface area contributed by atoms with Crippen molar-refractivity contribution in [1.29, 1.82) is 0 Å². The third-order valence-electron chi connectivity index (χ3n) is 9.76. The molecule has 5 rings (SSSR count). The van der Waals surface area contributed by atoms with E-state index in [1.54, 1.807) is 6.07 Å². The van der Waals surface area contributed by atoms with Crippen molar-refractivity contribution in [2.75, 3.05) is 25.0 Å². The summed E-state index contributed by atoms with van der Waals surface area (Å²) in [6.45, 7) is 4.67. The van der Waals surface area contributed by atoms with Gasteiger partial charge < -0.3 is 20.9 Å². The standard InChI is InChI=1S/C32H41FN4O3/c1-31(2)26-19-22(33)10-12-27(26)37(30(31)40)24-14-17-36(18-15-24)28(38)25(11-9-21-7-5-4-6-8-21)32(29(34)39)16-13-23(20-32)35-3/h4-8,10,12,19,23-25,35H,9,11,13-18,20H2,1-3H3,(H2,34,39)/t23?,25-,32?/m1/s1. The molecule has 2 heterocycles. The molecule has 1 aliphatic carbocycles. The Labute approximate surface area is 236 Å². The normalized spacial score (nSPS) is 25.2. The number of rotatable bonds is 8. The lowest BCUT2D eigenvalue weighted by Gasteiger charge is -2.42. The second kappa shape index (κ2) is 11.0. The molecular formula is C32H41FN4O3. The molecule has 0 radical (unpaired) electrons. The van der Waals surface area contributed by atoms with E-state index in [4.69, 9.17) is 5.73 Å². The first kappa shape index (κ1) is 28.3. The van der Waals surface area contributed by atoms with Crippen LogP contribution < -0.4 is 16.0 Å². The highest BCUT2D eigenvalue weighted by Crippen LogP contribution is 2.48. The molecule has 2 unspecified atom stereocenters. The van der Waals surface area contributed by atoms with Gasteiger partial charge in [-0.25, -0.2) is 4.39 Å². The molecule has 0 bridgehead atoms. The van der Waals surface area contributed by atoms with E-state index in [1.807, 2.05) is 61.0 Å². The van der Waals surface area contributed by atoms with Gasteiger partial charge in [-0.1, -0.05) is 30.3 Å². The lowest BCUT2D eigenvalue weighted by atomic mass is 9.69. The number of carbonyl (C=O) groups excluding carboxylic acids is 3. The minimum atomic E-state index is -0.881. The summed E-state index contributed by atoms with van der Waals surface area (Å²) >= 11 is 0. The van der Waals surface area contributed by atoms with Crippen LogP contribution in [0.4, 0.5) is 10.1 Å². The van der Waals surface area contributed by atoms with Gasteiger partial charge in [-0.2, -0.15) is 0 Å². The molecule has 1 saturated heterocycles. The fraction of sp³-hybridized carbons (Fsp3) is 0.531. The highest BCUT2D eigenvalue weighted by molar-refractivity contribution is 6.08. The number of primary amides is 1. The molecule has 0 spiro atoms. The van der Waals surface area contributed by atoms with Crippen LogP contribution in [0.2, 0.25) is 0 Å². The number of halogens is 1. The van der Waals surface area contributed by atoms with E-state index in [2.05, 4.69) is 5.32 Å². The highest BCUT2D eigenvalue weighted by atomic mass is 19.1. The molecule has 7 nitrogen and oxygen atoms in total. The van der Waals surface area contributed by atoms with Crippen molar-refractivity contribution in [3.05, 3.63) is 65.5 Å². The Kier molecular flexibility index (Phi) is 7.75. The Balaban J connectivity index is 1.35. The van der Waals surface area contributed by atoms with Crippen molar-refractivity contribution in [1.82, 2.24) is 10.2 Å². The van der Waals surface area contributed by atoms with Gasteiger partial charge in [0, 0.05) is 30.9 Å². The van der Waals surface area contributed by atoms with Gasteiger partial charge in [0.2, 0.25) is 17.7 Å². The summed E-state index contributed by atoms with van der Waals surface area (Å²) in [5.41, 5.74) is 7.00. The molecule has 3 N–H and O–H groups in total. The zero-order chi connectivity index (χ0) is 28.7. The van der Waals surface area contributed by atoms with Crippen LogP contribution in [-0.4, -0.2) is 54.8 Å². The number of piperidine rings is 1. The number of anilines is 1. The molecule has 2 aromatic carbocycles. The van der Waals surface area contributed by atoms with Gasteiger partial charge in [0.15, 0.2) is 0 Å². The molecule has 2 aromatic rings. The Bertz CT molecular complexity index is 1270. The maximum Gasteiger partial charge on any atom is 0.237 e. The number of likely N-dealkylation sites (tertiary alicyclic amines) is 1. The van der Waals surface area contributed by atoms with Crippen LogP contribution in [0.15, 0.2) is 48.5 Å². The molecule has 3 atom stereocenters.